The van der Waals surface area contributed by atoms with Crippen LogP contribution in [0.4, 0.5) is 5.69 Å². The predicted octanol–water partition coefficient (Wildman–Crippen LogP) is 4.47. The van der Waals surface area contributed by atoms with Gasteiger partial charge in [-0.25, -0.2) is 0 Å². The zero-order valence-corrected chi connectivity index (χ0v) is 13.2. The molecule has 0 heterocycles. The summed E-state index contributed by atoms with van der Waals surface area (Å²) in [7, 11) is 1.65. The number of ether oxygens (including phenoxy) is 2. The maximum absolute atomic E-state index is 5.58. The van der Waals surface area contributed by atoms with Crippen molar-refractivity contribution in [2.24, 2.45) is 0 Å². The van der Waals surface area contributed by atoms with E-state index in [-0.39, 0.29) is 0 Å². The monoisotopic (exact) mass is 335 g/mol. The number of rotatable bonds is 6. The molecule has 0 radical (unpaired) electrons. The first-order valence-corrected chi connectivity index (χ1v) is 7.32. The molecule has 2 aromatic rings. The summed E-state index contributed by atoms with van der Waals surface area (Å²) in [5.41, 5.74) is 2.21. The molecule has 0 amide bonds. The minimum absolute atomic E-state index is 0.622. The lowest BCUT2D eigenvalue weighted by Gasteiger charge is -2.12. The zero-order valence-electron chi connectivity index (χ0n) is 11.7. The molecule has 0 bridgehead atoms. The average Bonchev–Trinajstić information content (AvgIpc) is 2.47. The van der Waals surface area contributed by atoms with Gasteiger partial charge in [0.1, 0.15) is 0 Å². The van der Waals surface area contributed by atoms with Gasteiger partial charge >= 0.3 is 0 Å². The molecule has 4 heteroatoms. The van der Waals surface area contributed by atoms with Crippen molar-refractivity contribution in [1.29, 1.82) is 0 Å². The average molecular weight is 336 g/mol. The van der Waals surface area contributed by atoms with Gasteiger partial charge in [0.05, 0.1) is 13.7 Å². The molecular formula is C16H18BrNO2. The number of methoxy groups -OCH3 is 1. The number of halogens is 1. The number of anilines is 1. The second kappa shape index (κ2) is 7.20. The van der Waals surface area contributed by atoms with Gasteiger partial charge in [-0.3, -0.25) is 0 Å². The van der Waals surface area contributed by atoms with Crippen LogP contribution in [0.2, 0.25) is 0 Å². The highest BCUT2D eigenvalue weighted by atomic mass is 79.9. The summed E-state index contributed by atoms with van der Waals surface area (Å²) in [4.78, 5) is 0. The molecule has 106 valence electrons. The molecule has 0 fully saturated rings. The van der Waals surface area contributed by atoms with Crippen molar-refractivity contribution in [1.82, 2.24) is 0 Å². The van der Waals surface area contributed by atoms with Crippen LogP contribution >= 0.6 is 15.9 Å². The van der Waals surface area contributed by atoms with Crippen LogP contribution in [0.25, 0.3) is 0 Å². The minimum atomic E-state index is 0.622. The van der Waals surface area contributed by atoms with Crippen LogP contribution in [-0.2, 0) is 6.54 Å². The highest BCUT2D eigenvalue weighted by molar-refractivity contribution is 9.10. The Morgan fingerprint density at radius 2 is 1.90 bits per heavy atom. The van der Waals surface area contributed by atoms with Gasteiger partial charge in [0, 0.05) is 16.7 Å². The standard InChI is InChI=1S/C16H18BrNO2/c1-3-20-16-10-12(8-9-15(16)19-2)11-18-14-7-5-4-6-13(14)17/h4-10,18H,3,11H2,1-2H3. The molecule has 0 aromatic heterocycles. The van der Waals surface area contributed by atoms with E-state index in [2.05, 4.69) is 21.2 Å². The topological polar surface area (TPSA) is 30.5 Å². The van der Waals surface area contributed by atoms with Crippen molar-refractivity contribution in [2.45, 2.75) is 13.5 Å². The highest BCUT2D eigenvalue weighted by Gasteiger charge is 2.05. The first kappa shape index (κ1) is 14.7. The quantitative estimate of drug-likeness (QED) is 0.844. The van der Waals surface area contributed by atoms with Crippen LogP contribution in [0.15, 0.2) is 46.9 Å². The summed E-state index contributed by atoms with van der Waals surface area (Å²) >= 11 is 3.52. The van der Waals surface area contributed by atoms with Gasteiger partial charge in [0.15, 0.2) is 11.5 Å². The normalized spacial score (nSPS) is 10.2. The summed E-state index contributed by atoms with van der Waals surface area (Å²) < 4.78 is 11.9. The van der Waals surface area contributed by atoms with Crippen molar-refractivity contribution in [3.63, 3.8) is 0 Å². The zero-order chi connectivity index (χ0) is 14.4. The van der Waals surface area contributed by atoms with Gasteiger partial charge in [-0.15, -0.1) is 0 Å². The van der Waals surface area contributed by atoms with E-state index in [1.807, 2.05) is 49.4 Å². The fourth-order valence-electron chi connectivity index (χ4n) is 1.90. The molecular weight excluding hydrogens is 318 g/mol. The number of hydrogen-bond donors (Lipinski definition) is 1. The van der Waals surface area contributed by atoms with Crippen molar-refractivity contribution in [3.05, 3.63) is 52.5 Å². The lowest BCUT2D eigenvalue weighted by molar-refractivity contribution is 0.310. The third-order valence-corrected chi connectivity index (χ3v) is 3.58. The summed E-state index contributed by atoms with van der Waals surface area (Å²) in [5, 5.41) is 3.39. The third kappa shape index (κ3) is 3.67. The van der Waals surface area contributed by atoms with E-state index in [4.69, 9.17) is 9.47 Å². The van der Waals surface area contributed by atoms with E-state index in [1.54, 1.807) is 7.11 Å². The Morgan fingerprint density at radius 1 is 1.10 bits per heavy atom. The van der Waals surface area contributed by atoms with E-state index < -0.39 is 0 Å². The van der Waals surface area contributed by atoms with Crippen molar-refractivity contribution in [2.75, 3.05) is 19.0 Å². The molecule has 0 saturated heterocycles. The predicted molar refractivity (Wildman–Crippen MR) is 85.6 cm³/mol. The Kier molecular flexibility index (Phi) is 5.30. The summed E-state index contributed by atoms with van der Waals surface area (Å²) in [5.74, 6) is 1.54. The van der Waals surface area contributed by atoms with E-state index in [0.717, 1.165) is 33.8 Å². The van der Waals surface area contributed by atoms with E-state index >= 15 is 0 Å². The second-order valence-electron chi connectivity index (χ2n) is 4.25. The first-order chi connectivity index (χ1) is 9.74. The molecule has 3 nitrogen and oxygen atoms in total. The van der Waals surface area contributed by atoms with Crippen LogP contribution in [0.5, 0.6) is 11.5 Å². The molecule has 0 atom stereocenters. The SMILES string of the molecule is CCOc1cc(CNc2ccccc2Br)ccc1OC. The fourth-order valence-corrected chi connectivity index (χ4v) is 2.33. The van der Waals surface area contributed by atoms with Gasteiger partial charge in [-0.1, -0.05) is 18.2 Å². The number of nitrogens with one attached hydrogen (secondary N) is 1. The lowest BCUT2D eigenvalue weighted by atomic mass is 10.2. The molecule has 0 unspecified atom stereocenters. The second-order valence-corrected chi connectivity index (χ2v) is 5.11. The van der Waals surface area contributed by atoms with Crippen LogP contribution in [0.3, 0.4) is 0 Å². The van der Waals surface area contributed by atoms with E-state index in [9.17, 15) is 0 Å². The van der Waals surface area contributed by atoms with Gasteiger partial charge in [-0.05, 0) is 52.7 Å². The molecule has 0 saturated carbocycles. The Labute approximate surface area is 128 Å². The highest BCUT2D eigenvalue weighted by Crippen LogP contribution is 2.29. The van der Waals surface area contributed by atoms with Gasteiger partial charge in [0.2, 0.25) is 0 Å². The smallest absolute Gasteiger partial charge is 0.161 e. The van der Waals surface area contributed by atoms with E-state index in [0.29, 0.717) is 6.61 Å². The van der Waals surface area contributed by atoms with Crippen LogP contribution in [0.1, 0.15) is 12.5 Å². The first-order valence-electron chi connectivity index (χ1n) is 6.52. The molecule has 0 aliphatic heterocycles. The van der Waals surface area contributed by atoms with Crippen molar-refractivity contribution < 1.29 is 9.47 Å². The Bertz CT molecular complexity index is 572. The summed E-state index contributed by atoms with van der Waals surface area (Å²) in [6, 6.07) is 14.0. The summed E-state index contributed by atoms with van der Waals surface area (Å²) in [6.45, 7) is 3.32. The minimum Gasteiger partial charge on any atom is -0.493 e. The van der Waals surface area contributed by atoms with Crippen LogP contribution < -0.4 is 14.8 Å². The van der Waals surface area contributed by atoms with Gasteiger partial charge in [0.25, 0.3) is 0 Å². The number of hydrogen-bond acceptors (Lipinski definition) is 3. The maximum atomic E-state index is 5.58. The number of para-hydroxylation sites is 1. The third-order valence-electron chi connectivity index (χ3n) is 2.88. The van der Waals surface area contributed by atoms with Crippen LogP contribution in [-0.4, -0.2) is 13.7 Å². The van der Waals surface area contributed by atoms with E-state index in [1.165, 1.54) is 0 Å². The summed E-state index contributed by atoms with van der Waals surface area (Å²) in [6.07, 6.45) is 0. The molecule has 20 heavy (non-hydrogen) atoms. The van der Waals surface area contributed by atoms with Gasteiger partial charge < -0.3 is 14.8 Å². The lowest BCUT2D eigenvalue weighted by Crippen LogP contribution is -2.02. The van der Waals surface area contributed by atoms with Crippen molar-refractivity contribution >= 4 is 21.6 Å². The Morgan fingerprint density at radius 3 is 2.60 bits per heavy atom. The fraction of sp³-hybridized carbons (Fsp3) is 0.250. The molecule has 2 aromatic carbocycles. The molecule has 0 aliphatic rings. The van der Waals surface area contributed by atoms with Gasteiger partial charge in [-0.2, -0.15) is 0 Å². The molecule has 2 rings (SSSR count). The molecule has 1 N–H and O–H groups in total. The molecule has 0 spiro atoms. The maximum Gasteiger partial charge on any atom is 0.161 e. The van der Waals surface area contributed by atoms with Crippen LogP contribution in [0, 0.1) is 0 Å². The largest absolute Gasteiger partial charge is 0.493 e. The Hall–Kier alpha value is -1.68. The molecule has 0 aliphatic carbocycles. The number of benzene rings is 2. The Balaban J connectivity index is 2.10. The van der Waals surface area contributed by atoms with Crippen molar-refractivity contribution in [3.8, 4) is 11.5 Å².